The number of phenols is 2. The number of aliphatic imine (C=N–C) groups is 2. The molecule has 0 spiro atoms. The molecule has 5 rings (SSSR count). The van der Waals surface area contributed by atoms with Crippen LogP contribution in [-0.2, 0) is 0 Å². The van der Waals surface area contributed by atoms with Gasteiger partial charge < -0.3 is 10.2 Å². The monoisotopic (exact) mass is 474 g/mol. The molecular formula is C32H30N2O2. The zero-order valence-corrected chi connectivity index (χ0v) is 20.2. The summed E-state index contributed by atoms with van der Waals surface area (Å²) in [7, 11) is 0. The molecule has 4 aromatic carbocycles. The van der Waals surface area contributed by atoms with Gasteiger partial charge in [0.25, 0.3) is 0 Å². The van der Waals surface area contributed by atoms with Gasteiger partial charge in [0.05, 0.1) is 12.1 Å². The highest BCUT2D eigenvalue weighted by Gasteiger charge is 2.23. The second-order valence-corrected chi connectivity index (χ2v) is 9.25. The highest BCUT2D eigenvalue weighted by molar-refractivity contribution is 5.87. The standard InChI is InChI=1S/C32H30N2O2/c35-31-17-15-25(23-9-3-1-4-10-23)19-27(31)21-33-29-13-7-8-14-30(29)34-22-28-20-26(16-18-32(28)36)24-11-5-2-6-12-24/h1-6,9-12,15-22,29-30,35-36H,7-8,13-14H2. The predicted molar refractivity (Wildman–Crippen MR) is 148 cm³/mol. The zero-order chi connectivity index (χ0) is 24.7. The van der Waals surface area contributed by atoms with E-state index in [9.17, 15) is 10.2 Å². The molecule has 4 aromatic rings. The summed E-state index contributed by atoms with van der Waals surface area (Å²) in [6, 6.07) is 31.6. The minimum Gasteiger partial charge on any atom is -0.507 e. The summed E-state index contributed by atoms with van der Waals surface area (Å²) in [6.07, 6.45) is 7.69. The topological polar surface area (TPSA) is 65.2 Å². The van der Waals surface area contributed by atoms with Crippen LogP contribution in [0, 0.1) is 0 Å². The van der Waals surface area contributed by atoms with Gasteiger partial charge in [0.15, 0.2) is 0 Å². The van der Waals surface area contributed by atoms with Crippen molar-refractivity contribution in [1.82, 2.24) is 0 Å². The number of aromatic hydroxyl groups is 2. The molecule has 0 heterocycles. The van der Waals surface area contributed by atoms with Crippen LogP contribution < -0.4 is 0 Å². The first-order valence-corrected chi connectivity index (χ1v) is 12.5. The molecule has 1 aliphatic carbocycles. The van der Waals surface area contributed by atoms with E-state index in [0.717, 1.165) is 47.9 Å². The zero-order valence-electron chi connectivity index (χ0n) is 20.2. The van der Waals surface area contributed by atoms with E-state index in [4.69, 9.17) is 9.98 Å². The summed E-state index contributed by atoms with van der Waals surface area (Å²) in [5.41, 5.74) is 5.70. The van der Waals surface area contributed by atoms with Crippen LogP contribution in [0.1, 0.15) is 36.8 Å². The van der Waals surface area contributed by atoms with Gasteiger partial charge >= 0.3 is 0 Å². The summed E-state index contributed by atoms with van der Waals surface area (Å²) in [5.74, 6) is 0.439. The molecule has 0 radical (unpaired) electrons. The molecule has 180 valence electrons. The van der Waals surface area contributed by atoms with Gasteiger partial charge in [-0.2, -0.15) is 0 Å². The molecule has 0 bridgehead atoms. The molecule has 1 saturated carbocycles. The van der Waals surface area contributed by atoms with E-state index in [1.165, 1.54) is 0 Å². The van der Waals surface area contributed by atoms with Crippen LogP contribution in [0.15, 0.2) is 107 Å². The average molecular weight is 475 g/mol. The quantitative estimate of drug-likeness (QED) is 0.288. The Hall–Kier alpha value is -4.18. The maximum Gasteiger partial charge on any atom is 0.124 e. The third-order valence-corrected chi connectivity index (χ3v) is 6.77. The SMILES string of the molecule is Oc1ccc(-c2ccccc2)cc1C=NC1CCCCC1N=Cc1cc(-c2ccccc2)ccc1O. The molecule has 1 aliphatic rings. The Morgan fingerprint density at radius 2 is 0.944 bits per heavy atom. The van der Waals surface area contributed by atoms with E-state index in [-0.39, 0.29) is 23.6 Å². The fourth-order valence-electron chi connectivity index (χ4n) is 4.73. The van der Waals surface area contributed by atoms with Gasteiger partial charge in [0.2, 0.25) is 0 Å². The van der Waals surface area contributed by atoms with Crippen molar-refractivity contribution < 1.29 is 10.2 Å². The fourth-order valence-corrected chi connectivity index (χ4v) is 4.73. The van der Waals surface area contributed by atoms with Gasteiger partial charge in [-0.3, -0.25) is 9.98 Å². The van der Waals surface area contributed by atoms with E-state index in [1.54, 1.807) is 24.6 Å². The molecule has 2 atom stereocenters. The van der Waals surface area contributed by atoms with E-state index < -0.39 is 0 Å². The molecule has 2 N–H and O–H groups in total. The van der Waals surface area contributed by atoms with Gasteiger partial charge in [-0.15, -0.1) is 0 Å². The second kappa shape index (κ2) is 11.0. The van der Waals surface area contributed by atoms with E-state index >= 15 is 0 Å². The lowest BCUT2D eigenvalue weighted by Crippen LogP contribution is -2.27. The fraction of sp³-hybridized carbons (Fsp3) is 0.188. The van der Waals surface area contributed by atoms with Crippen LogP contribution in [0.5, 0.6) is 11.5 Å². The van der Waals surface area contributed by atoms with Crippen LogP contribution in [0.25, 0.3) is 22.3 Å². The summed E-state index contributed by atoms with van der Waals surface area (Å²) < 4.78 is 0. The Bertz CT molecular complexity index is 1260. The number of nitrogens with zero attached hydrogens (tertiary/aromatic N) is 2. The average Bonchev–Trinajstić information content (AvgIpc) is 2.93. The Kier molecular flexibility index (Phi) is 7.23. The van der Waals surface area contributed by atoms with Gasteiger partial charge in [-0.25, -0.2) is 0 Å². The summed E-state index contributed by atoms with van der Waals surface area (Å²) in [6.45, 7) is 0. The summed E-state index contributed by atoms with van der Waals surface area (Å²) >= 11 is 0. The van der Waals surface area contributed by atoms with Crippen molar-refractivity contribution in [2.24, 2.45) is 9.98 Å². The summed E-state index contributed by atoms with van der Waals surface area (Å²) in [4.78, 5) is 9.74. The van der Waals surface area contributed by atoms with E-state index in [1.807, 2.05) is 60.7 Å². The van der Waals surface area contributed by atoms with Crippen LogP contribution >= 0.6 is 0 Å². The molecule has 4 nitrogen and oxygen atoms in total. The maximum absolute atomic E-state index is 10.4. The lowest BCUT2D eigenvalue weighted by Gasteiger charge is -2.25. The molecule has 2 unspecified atom stereocenters. The van der Waals surface area contributed by atoms with Gasteiger partial charge in [0.1, 0.15) is 11.5 Å². The van der Waals surface area contributed by atoms with Crippen molar-refractivity contribution in [1.29, 1.82) is 0 Å². The van der Waals surface area contributed by atoms with Crippen molar-refractivity contribution in [3.05, 3.63) is 108 Å². The highest BCUT2D eigenvalue weighted by Crippen LogP contribution is 2.29. The van der Waals surface area contributed by atoms with Crippen LogP contribution in [-0.4, -0.2) is 34.7 Å². The van der Waals surface area contributed by atoms with Gasteiger partial charge in [-0.05, 0) is 59.4 Å². The van der Waals surface area contributed by atoms with Crippen LogP contribution in [0.3, 0.4) is 0 Å². The Balaban J connectivity index is 1.36. The lowest BCUT2D eigenvalue weighted by atomic mass is 9.91. The lowest BCUT2D eigenvalue weighted by molar-refractivity contribution is 0.390. The summed E-state index contributed by atoms with van der Waals surface area (Å²) in [5, 5.41) is 20.9. The first-order chi connectivity index (χ1) is 17.7. The van der Waals surface area contributed by atoms with Crippen molar-refractivity contribution >= 4 is 12.4 Å². The maximum atomic E-state index is 10.4. The third kappa shape index (κ3) is 5.55. The van der Waals surface area contributed by atoms with Crippen molar-refractivity contribution in [2.75, 3.05) is 0 Å². The van der Waals surface area contributed by atoms with Crippen molar-refractivity contribution in [3.8, 4) is 33.8 Å². The minimum atomic E-state index is 0.0363. The first kappa shape index (κ1) is 23.6. The smallest absolute Gasteiger partial charge is 0.124 e. The Morgan fingerprint density at radius 3 is 1.36 bits per heavy atom. The molecule has 0 aliphatic heterocycles. The van der Waals surface area contributed by atoms with E-state index in [2.05, 4.69) is 24.3 Å². The van der Waals surface area contributed by atoms with Crippen molar-refractivity contribution in [3.63, 3.8) is 0 Å². The largest absolute Gasteiger partial charge is 0.507 e. The van der Waals surface area contributed by atoms with Crippen LogP contribution in [0.2, 0.25) is 0 Å². The predicted octanol–water partition coefficient (Wildman–Crippen LogP) is 7.28. The first-order valence-electron chi connectivity index (χ1n) is 12.5. The molecule has 36 heavy (non-hydrogen) atoms. The molecule has 4 heteroatoms. The molecule has 0 saturated heterocycles. The molecule has 0 aromatic heterocycles. The highest BCUT2D eigenvalue weighted by atomic mass is 16.3. The Morgan fingerprint density at radius 1 is 0.528 bits per heavy atom. The van der Waals surface area contributed by atoms with Gasteiger partial charge in [-0.1, -0.05) is 85.6 Å². The number of hydrogen-bond acceptors (Lipinski definition) is 4. The van der Waals surface area contributed by atoms with Gasteiger partial charge in [0, 0.05) is 23.6 Å². The molecular weight excluding hydrogens is 444 g/mol. The number of hydrogen-bond donors (Lipinski definition) is 2. The number of benzene rings is 4. The number of phenolic OH excluding ortho intramolecular Hbond substituents is 2. The molecule has 0 amide bonds. The second-order valence-electron chi connectivity index (χ2n) is 9.25. The Labute approximate surface area is 212 Å². The van der Waals surface area contributed by atoms with Crippen LogP contribution in [0.4, 0.5) is 0 Å². The minimum absolute atomic E-state index is 0.0363. The number of rotatable bonds is 6. The van der Waals surface area contributed by atoms with Crippen molar-refractivity contribution in [2.45, 2.75) is 37.8 Å². The normalized spacial score (nSPS) is 18.1. The van der Waals surface area contributed by atoms with E-state index in [0.29, 0.717) is 11.1 Å². The third-order valence-electron chi connectivity index (χ3n) is 6.77. The molecule has 1 fully saturated rings.